The van der Waals surface area contributed by atoms with Crippen LogP contribution in [0.2, 0.25) is 0 Å². The fourth-order valence-corrected chi connectivity index (χ4v) is 1.60. The molecule has 0 spiro atoms. The van der Waals surface area contributed by atoms with E-state index in [9.17, 15) is 13.6 Å². The fourth-order valence-electron chi connectivity index (χ4n) is 1.60. The zero-order chi connectivity index (χ0) is 14.5. The number of halogens is 2. The van der Waals surface area contributed by atoms with Crippen LogP contribution in [-0.2, 0) is 4.79 Å². The van der Waals surface area contributed by atoms with Crippen molar-refractivity contribution in [3.05, 3.63) is 29.8 Å². The summed E-state index contributed by atoms with van der Waals surface area (Å²) in [4.78, 5) is 10.7. The summed E-state index contributed by atoms with van der Waals surface area (Å²) < 4.78 is 34.5. The molecular weight excluding hydrogens is 268 g/mol. The third-order valence-electron chi connectivity index (χ3n) is 2.80. The first-order valence-electron chi connectivity index (χ1n) is 6.24. The van der Waals surface area contributed by atoms with Crippen LogP contribution in [0.5, 0.6) is 11.5 Å². The van der Waals surface area contributed by atoms with Gasteiger partial charge in [0.1, 0.15) is 0 Å². The van der Waals surface area contributed by atoms with Gasteiger partial charge in [-0.05, 0) is 42.5 Å². The number of nitrogens with two attached hydrogens (primary N) is 1. The molecule has 6 heteroatoms. The third kappa shape index (κ3) is 4.53. The van der Waals surface area contributed by atoms with E-state index in [0.29, 0.717) is 18.1 Å². The van der Waals surface area contributed by atoms with E-state index in [-0.39, 0.29) is 11.5 Å². The molecule has 2 rings (SSSR count). The van der Waals surface area contributed by atoms with Gasteiger partial charge in [-0.2, -0.15) is 8.78 Å². The van der Waals surface area contributed by atoms with Crippen LogP contribution in [-0.4, -0.2) is 19.1 Å². The highest BCUT2D eigenvalue weighted by atomic mass is 19.3. The topological polar surface area (TPSA) is 61.6 Å². The lowest BCUT2D eigenvalue weighted by molar-refractivity contribution is -0.113. The Bertz CT molecular complexity index is 513. The van der Waals surface area contributed by atoms with Crippen molar-refractivity contribution in [1.29, 1.82) is 0 Å². The summed E-state index contributed by atoms with van der Waals surface area (Å²) >= 11 is 0. The molecule has 0 aromatic heterocycles. The lowest BCUT2D eigenvalue weighted by Crippen LogP contribution is -2.06. The largest absolute Gasteiger partial charge is 0.489 e. The minimum atomic E-state index is -2.91. The number of benzene rings is 1. The first kappa shape index (κ1) is 14.3. The number of hydrogen-bond donors (Lipinski definition) is 1. The maximum absolute atomic E-state index is 12.3. The van der Waals surface area contributed by atoms with Crippen molar-refractivity contribution >= 4 is 12.0 Å². The Kier molecular flexibility index (Phi) is 4.55. The Labute approximate surface area is 115 Å². The zero-order valence-electron chi connectivity index (χ0n) is 10.7. The van der Waals surface area contributed by atoms with E-state index in [0.717, 1.165) is 12.8 Å². The smallest absolute Gasteiger partial charge is 0.387 e. The van der Waals surface area contributed by atoms with Crippen LogP contribution >= 0.6 is 0 Å². The number of primary amides is 1. The Morgan fingerprint density at radius 1 is 1.40 bits per heavy atom. The van der Waals surface area contributed by atoms with Gasteiger partial charge in [-0.15, -0.1) is 0 Å². The van der Waals surface area contributed by atoms with Gasteiger partial charge in [-0.3, -0.25) is 4.79 Å². The van der Waals surface area contributed by atoms with E-state index >= 15 is 0 Å². The molecule has 1 aliphatic rings. The number of carbonyl (C=O) groups is 1. The molecule has 1 aromatic rings. The number of alkyl halides is 2. The first-order valence-corrected chi connectivity index (χ1v) is 6.24. The molecule has 1 saturated carbocycles. The van der Waals surface area contributed by atoms with E-state index in [1.165, 1.54) is 18.2 Å². The Morgan fingerprint density at radius 3 is 2.75 bits per heavy atom. The molecule has 0 atom stereocenters. The lowest BCUT2D eigenvalue weighted by atomic mass is 10.2. The molecule has 2 N–H and O–H groups in total. The second-order valence-electron chi connectivity index (χ2n) is 4.57. The molecule has 1 amide bonds. The maximum Gasteiger partial charge on any atom is 0.387 e. The van der Waals surface area contributed by atoms with Gasteiger partial charge >= 0.3 is 6.61 Å². The van der Waals surface area contributed by atoms with Crippen molar-refractivity contribution in [2.24, 2.45) is 11.7 Å². The molecule has 1 aliphatic carbocycles. The Hall–Kier alpha value is -2.11. The summed E-state index contributed by atoms with van der Waals surface area (Å²) in [6.45, 7) is -2.44. The van der Waals surface area contributed by atoms with Gasteiger partial charge in [-0.25, -0.2) is 0 Å². The number of hydrogen-bond acceptors (Lipinski definition) is 3. The van der Waals surface area contributed by atoms with E-state index in [4.69, 9.17) is 10.5 Å². The second kappa shape index (κ2) is 6.36. The van der Waals surface area contributed by atoms with E-state index in [2.05, 4.69) is 4.74 Å². The summed E-state index contributed by atoms with van der Waals surface area (Å²) in [5.41, 5.74) is 5.62. The molecule has 0 unspecified atom stereocenters. The molecular formula is C14H15F2NO3. The van der Waals surface area contributed by atoms with Crippen molar-refractivity contribution in [2.45, 2.75) is 19.5 Å². The van der Waals surface area contributed by atoms with Gasteiger partial charge < -0.3 is 15.2 Å². The summed E-state index contributed by atoms with van der Waals surface area (Å²) in [5.74, 6) is 0.123. The van der Waals surface area contributed by atoms with Crippen LogP contribution in [0.4, 0.5) is 8.78 Å². The number of rotatable bonds is 7. The Morgan fingerprint density at radius 2 is 2.15 bits per heavy atom. The third-order valence-corrected chi connectivity index (χ3v) is 2.80. The molecule has 0 heterocycles. The second-order valence-corrected chi connectivity index (χ2v) is 4.57. The van der Waals surface area contributed by atoms with Gasteiger partial charge in [0.15, 0.2) is 11.5 Å². The van der Waals surface area contributed by atoms with Gasteiger partial charge in [0.2, 0.25) is 5.91 Å². The highest BCUT2D eigenvalue weighted by Crippen LogP contribution is 2.34. The highest BCUT2D eigenvalue weighted by molar-refractivity contribution is 5.90. The fraction of sp³-hybridized carbons (Fsp3) is 0.357. The average Bonchev–Trinajstić information content (AvgIpc) is 3.19. The maximum atomic E-state index is 12.3. The van der Waals surface area contributed by atoms with Gasteiger partial charge in [0, 0.05) is 6.08 Å². The van der Waals surface area contributed by atoms with Crippen molar-refractivity contribution in [3.63, 3.8) is 0 Å². The van der Waals surface area contributed by atoms with Crippen LogP contribution in [0.3, 0.4) is 0 Å². The predicted octanol–water partition coefficient (Wildman–Crippen LogP) is 2.58. The predicted molar refractivity (Wildman–Crippen MR) is 69.5 cm³/mol. The van der Waals surface area contributed by atoms with Crippen molar-refractivity contribution in [3.8, 4) is 11.5 Å². The number of ether oxygens (including phenoxy) is 2. The monoisotopic (exact) mass is 283 g/mol. The lowest BCUT2D eigenvalue weighted by Gasteiger charge is -2.12. The molecule has 1 aromatic carbocycles. The molecule has 0 aliphatic heterocycles. The van der Waals surface area contributed by atoms with Crippen molar-refractivity contribution < 1.29 is 23.0 Å². The Balaban J connectivity index is 2.15. The minimum Gasteiger partial charge on any atom is -0.489 e. The van der Waals surface area contributed by atoms with Crippen molar-refractivity contribution in [1.82, 2.24) is 0 Å². The SMILES string of the molecule is NC(=O)/C=C/c1ccc(OC(F)F)c(OCC2CC2)c1. The summed E-state index contributed by atoms with van der Waals surface area (Å²) in [7, 11) is 0. The first-order chi connectivity index (χ1) is 9.54. The standard InChI is InChI=1S/C14H15F2NO3/c15-14(16)20-11-5-3-9(4-6-13(17)18)7-12(11)19-8-10-1-2-10/h3-7,10,14H,1-2,8H2,(H2,17,18)/b6-4+. The van der Waals surface area contributed by atoms with Crippen LogP contribution in [0.15, 0.2) is 24.3 Å². The van der Waals surface area contributed by atoms with Gasteiger partial charge in [-0.1, -0.05) is 6.07 Å². The van der Waals surface area contributed by atoms with Gasteiger partial charge in [0.25, 0.3) is 0 Å². The minimum absolute atomic E-state index is 0.0168. The van der Waals surface area contributed by atoms with Crippen LogP contribution in [0.25, 0.3) is 6.08 Å². The molecule has 20 heavy (non-hydrogen) atoms. The van der Waals surface area contributed by atoms with E-state index in [1.54, 1.807) is 12.1 Å². The summed E-state index contributed by atoms with van der Waals surface area (Å²) in [5, 5.41) is 0. The van der Waals surface area contributed by atoms with Crippen molar-refractivity contribution in [2.75, 3.05) is 6.61 Å². The van der Waals surface area contributed by atoms with Crippen LogP contribution in [0.1, 0.15) is 18.4 Å². The summed E-state index contributed by atoms with van der Waals surface area (Å²) in [6, 6.07) is 4.47. The number of carbonyl (C=O) groups excluding carboxylic acids is 1. The van der Waals surface area contributed by atoms with E-state index in [1.807, 2.05) is 0 Å². The molecule has 0 bridgehead atoms. The molecule has 1 fully saturated rings. The quantitative estimate of drug-likeness (QED) is 0.782. The zero-order valence-corrected chi connectivity index (χ0v) is 10.7. The molecule has 4 nitrogen and oxygen atoms in total. The number of amides is 1. The van der Waals surface area contributed by atoms with Crippen LogP contribution in [0, 0.1) is 5.92 Å². The van der Waals surface area contributed by atoms with Gasteiger partial charge in [0.05, 0.1) is 6.61 Å². The molecule has 108 valence electrons. The summed E-state index contributed by atoms with van der Waals surface area (Å²) in [6.07, 6.45) is 4.85. The highest BCUT2D eigenvalue weighted by Gasteiger charge is 2.23. The average molecular weight is 283 g/mol. The molecule has 0 radical (unpaired) electrons. The van der Waals surface area contributed by atoms with Crippen LogP contribution < -0.4 is 15.2 Å². The van der Waals surface area contributed by atoms with E-state index < -0.39 is 12.5 Å². The molecule has 0 saturated heterocycles. The normalized spacial score (nSPS) is 14.8.